The van der Waals surface area contributed by atoms with Crippen molar-refractivity contribution < 1.29 is 14.6 Å². The molecule has 0 saturated heterocycles. The molecule has 0 fully saturated rings. The van der Waals surface area contributed by atoms with Gasteiger partial charge in [0.25, 0.3) is 0 Å². The van der Waals surface area contributed by atoms with E-state index in [9.17, 15) is 9.90 Å². The number of carboxylic acid groups (broad SMARTS) is 1. The molecule has 0 aromatic heterocycles. The Balaban J connectivity index is 3.09. The first-order valence-electron chi connectivity index (χ1n) is 5.90. The molecule has 0 heterocycles. The van der Waals surface area contributed by atoms with Crippen molar-refractivity contribution >= 4 is 5.97 Å². The van der Waals surface area contributed by atoms with Crippen molar-refractivity contribution in [3.05, 3.63) is 35.4 Å². The van der Waals surface area contributed by atoms with Crippen LogP contribution in [0.15, 0.2) is 24.3 Å². The molecule has 0 aliphatic rings. The molecule has 1 aromatic carbocycles. The van der Waals surface area contributed by atoms with Gasteiger partial charge >= 0.3 is 5.97 Å². The number of aliphatic carboxylic acids is 1. The number of hydrogen-bond donors (Lipinski definition) is 1. The van der Waals surface area contributed by atoms with E-state index in [1.165, 1.54) is 5.56 Å². The topological polar surface area (TPSA) is 46.5 Å². The van der Waals surface area contributed by atoms with E-state index in [4.69, 9.17) is 4.74 Å². The van der Waals surface area contributed by atoms with Gasteiger partial charge in [-0.1, -0.05) is 31.2 Å². The molecule has 3 nitrogen and oxygen atoms in total. The van der Waals surface area contributed by atoms with E-state index in [1.54, 1.807) is 6.92 Å². The zero-order valence-electron chi connectivity index (χ0n) is 10.9. The molecular weight excluding hydrogens is 216 g/mol. The molecule has 1 rings (SSSR count). The maximum atomic E-state index is 11.4. The van der Waals surface area contributed by atoms with Gasteiger partial charge in [0.15, 0.2) is 5.60 Å². The van der Waals surface area contributed by atoms with Crippen molar-refractivity contribution in [3.8, 4) is 0 Å². The van der Waals surface area contributed by atoms with Gasteiger partial charge in [0.1, 0.15) is 0 Å². The van der Waals surface area contributed by atoms with Crippen LogP contribution >= 0.6 is 0 Å². The molecule has 1 N–H and O–H groups in total. The number of benzene rings is 1. The molecule has 3 heteroatoms. The smallest absolute Gasteiger partial charge is 0.340 e. The Kier molecular flexibility index (Phi) is 4.29. The van der Waals surface area contributed by atoms with Crippen LogP contribution in [0, 0.1) is 0 Å². The number of aryl methyl sites for hydroxylation is 1. The van der Waals surface area contributed by atoms with Crippen molar-refractivity contribution in [1.29, 1.82) is 0 Å². The van der Waals surface area contributed by atoms with Gasteiger partial charge in [0, 0.05) is 0 Å². The normalized spacial score (nSPS) is 14.6. The van der Waals surface area contributed by atoms with Gasteiger partial charge in [-0.3, -0.25) is 0 Å². The fraction of sp³-hybridized carbons (Fsp3) is 0.500. The number of carboxylic acids is 1. The zero-order valence-corrected chi connectivity index (χ0v) is 10.9. The Morgan fingerprint density at radius 2 is 1.88 bits per heavy atom. The van der Waals surface area contributed by atoms with Crippen LogP contribution in [0.2, 0.25) is 0 Å². The lowest BCUT2D eigenvalue weighted by Gasteiger charge is -2.28. The van der Waals surface area contributed by atoms with Gasteiger partial charge in [0.05, 0.1) is 6.10 Å². The van der Waals surface area contributed by atoms with E-state index in [2.05, 4.69) is 6.92 Å². The van der Waals surface area contributed by atoms with Crippen LogP contribution in [0.1, 0.15) is 38.8 Å². The fourth-order valence-corrected chi connectivity index (χ4v) is 1.77. The largest absolute Gasteiger partial charge is 0.479 e. The zero-order chi connectivity index (χ0) is 13.1. The Labute approximate surface area is 102 Å². The minimum atomic E-state index is -1.28. The second kappa shape index (κ2) is 5.32. The standard InChI is InChI=1S/C14H20O3/c1-5-11-6-8-12(9-7-11)14(4,13(15)16)17-10(2)3/h6-10H,5H2,1-4H3,(H,15,16). The molecule has 1 aromatic rings. The average Bonchev–Trinajstić information content (AvgIpc) is 2.28. The highest BCUT2D eigenvalue weighted by atomic mass is 16.5. The Morgan fingerprint density at radius 3 is 2.24 bits per heavy atom. The van der Waals surface area contributed by atoms with Crippen LogP contribution in [0.5, 0.6) is 0 Å². The number of hydrogen-bond acceptors (Lipinski definition) is 2. The molecule has 0 radical (unpaired) electrons. The molecule has 0 bridgehead atoms. The van der Waals surface area contributed by atoms with Crippen molar-refractivity contribution in [2.75, 3.05) is 0 Å². The monoisotopic (exact) mass is 236 g/mol. The quantitative estimate of drug-likeness (QED) is 0.855. The molecule has 0 saturated carbocycles. The molecular formula is C14H20O3. The predicted octanol–water partition coefficient (Wildman–Crippen LogP) is 2.97. The molecule has 0 aliphatic carbocycles. The van der Waals surface area contributed by atoms with E-state index < -0.39 is 11.6 Å². The average molecular weight is 236 g/mol. The number of ether oxygens (including phenoxy) is 1. The van der Waals surface area contributed by atoms with Gasteiger partial charge in [-0.05, 0) is 38.3 Å². The van der Waals surface area contributed by atoms with E-state index in [-0.39, 0.29) is 6.10 Å². The first-order chi connectivity index (χ1) is 7.90. The second-order valence-electron chi connectivity index (χ2n) is 4.56. The Morgan fingerprint density at radius 1 is 1.35 bits per heavy atom. The Bertz CT molecular complexity index is 381. The second-order valence-corrected chi connectivity index (χ2v) is 4.56. The van der Waals surface area contributed by atoms with Crippen LogP contribution in [0.4, 0.5) is 0 Å². The third kappa shape index (κ3) is 3.07. The maximum absolute atomic E-state index is 11.4. The molecule has 94 valence electrons. The van der Waals surface area contributed by atoms with Gasteiger partial charge < -0.3 is 9.84 Å². The van der Waals surface area contributed by atoms with Crippen LogP contribution in [0.25, 0.3) is 0 Å². The summed E-state index contributed by atoms with van der Waals surface area (Å²) in [5.74, 6) is -0.963. The summed E-state index contributed by atoms with van der Waals surface area (Å²) in [5, 5.41) is 9.34. The summed E-state index contributed by atoms with van der Waals surface area (Å²) in [7, 11) is 0. The van der Waals surface area contributed by atoms with Crippen LogP contribution in [-0.2, 0) is 21.6 Å². The summed E-state index contributed by atoms with van der Waals surface area (Å²) < 4.78 is 5.56. The molecule has 1 unspecified atom stereocenters. The summed E-state index contributed by atoms with van der Waals surface area (Å²) in [6, 6.07) is 7.55. The highest BCUT2D eigenvalue weighted by Crippen LogP contribution is 2.27. The van der Waals surface area contributed by atoms with Gasteiger partial charge in [0.2, 0.25) is 0 Å². The van der Waals surface area contributed by atoms with Crippen LogP contribution < -0.4 is 0 Å². The van der Waals surface area contributed by atoms with E-state index in [0.29, 0.717) is 5.56 Å². The first-order valence-corrected chi connectivity index (χ1v) is 5.90. The lowest BCUT2D eigenvalue weighted by Crippen LogP contribution is -2.37. The molecule has 17 heavy (non-hydrogen) atoms. The summed E-state index contributed by atoms with van der Waals surface area (Å²) in [6.45, 7) is 7.33. The third-order valence-electron chi connectivity index (χ3n) is 2.79. The number of rotatable bonds is 5. The van der Waals surface area contributed by atoms with Crippen molar-refractivity contribution in [1.82, 2.24) is 0 Å². The lowest BCUT2D eigenvalue weighted by atomic mass is 9.94. The lowest BCUT2D eigenvalue weighted by molar-refractivity contribution is -0.170. The van der Waals surface area contributed by atoms with Crippen LogP contribution in [0.3, 0.4) is 0 Å². The SMILES string of the molecule is CCc1ccc(C(C)(OC(C)C)C(=O)O)cc1. The molecule has 0 aliphatic heterocycles. The van der Waals surface area contributed by atoms with Crippen molar-refractivity contribution in [2.45, 2.75) is 45.8 Å². The Hall–Kier alpha value is -1.35. The van der Waals surface area contributed by atoms with Gasteiger partial charge in [-0.15, -0.1) is 0 Å². The maximum Gasteiger partial charge on any atom is 0.340 e. The van der Waals surface area contributed by atoms with Crippen molar-refractivity contribution in [2.24, 2.45) is 0 Å². The molecule has 1 atom stereocenters. The fourth-order valence-electron chi connectivity index (χ4n) is 1.77. The number of carbonyl (C=O) groups is 1. The summed E-state index contributed by atoms with van der Waals surface area (Å²) in [4.78, 5) is 11.4. The predicted molar refractivity (Wildman–Crippen MR) is 67.0 cm³/mol. The van der Waals surface area contributed by atoms with E-state index >= 15 is 0 Å². The molecule has 0 amide bonds. The van der Waals surface area contributed by atoms with E-state index in [1.807, 2.05) is 38.1 Å². The van der Waals surface area contributed by atoms with Gasteiger partial charge in [-0.2, -0.15) is 0 Å². The highest BCUT2D eigenvalue weighted by Gasteiger charge is 2.37. The summed E-state index contributed by atoms with van der Waals surface area (Å²) >= 11 is 0. The van der Waals surface area contributed by atoms with Crippen molar-refractivity contribution in [3.63, 3.8) is 0 Å². The van der Waals surface area contributed by atoms with Crippen LogP contribution in [-0.4, -0.2) is 17.2 Å². The summed E-state index contributed by atoms with van der Waals surface area (Å²) in [6.07, 6.45) is 0.803. The molecule has 0 spiro atoms. The highest BCUT2D eigenvalue weighted by molar-refractivity contribution is 5.79. The van der Waals surface area contributed by atoms with Gasteiger partial charge in [-0.25, -0.2) is 4.79 Å². The van der Waals surface area contributed by atoms with E-state index in [0.717, 1.165) is 6.42 Å². The summed E-state index contributed by atoms with van der Waals surface area (Å²) in [5.41, 5.74) is 0.586. The minimum Gasteiger partial charge on any atom is -0.479 e. The minimum absolute atomic E-state index is 0.137. The third-order valence-corrected chi connectivity index (χ3v) is 2.79. The first kappa shape index (κ1) is 13.7.